The van der Waals surface area contributed by atoms with Crippen molar-refractivity contribution in [3.63, 3.8) is 0 Å². The lowest BCUT2D eigenvalue weighted by Gasteiger charge is -2.23. The van der Waals surface area contributed by atoms with Crippen molar-refractivity contribution in [3.05, 3.63) is 0 Å². The summed E-state index contributed by atoms with van der Waals surface area (Å²) in [5.41, 5.74) is 0. The van der Waals surface area contributed by atoms with Gasteiger partial charge in [-0.1, -0.05) is 34.1 Å². The quantitative estimate of drug-likeness (QED) is 0.642. The SMILES string of the molecule is CC[C@@H](O)[C@@H](CC)C(C)C. The van der Waals surface area contributed by atoms with E-state index in [1.165, 1.54) is 0 Å². The third-order valence-electron chi connectivity index (χ3n) is 2.24. The smallest absolute Gasteiger partial charge is 0.0568 e. The van der Waals surface area contributed by atoms with Crippen molar-refractivity contribution >= 4 is 0 Å². The average molecular weight is 144 g/mol. The van der Waals surface area contributed by atoms with E-state index in [9.17, 15) is 5.11 Å². The molecule has 0 aliphatic rings. The highest BCUT2D eigenvalue weighted by Crippen LogP contribution is 2.20. The van der Waals surface area contributed by atoms with Crippen molar-refractivity contribution in [2.45, 2.75) is 46.6 Å². The summed E-state index contributed by atoms with van der Waals surface area (Å²) in [6.07, 6.45) is 1.88. The first-order valence-electron chi connectivity index (χ1n) is 4.31. The van der Waals surface area contributed by atoms with E-state index in [4.69, 9.17) is 0 Å². The molecule has 1 N–H and O–H groups in total. The number of hydrogen-bond acceptors (Lipinski definition) is 1. The third kappa shape index (κ3) is 2.70. The van der Waals surface area contributed by atoms with Gasteiger partial charge in [-0.2, -0.15) is 0 Å². The van der Waals surface area contributed by atoms with Crippen molar-refractivity contribution in [1.82, 2.24) is 0 Å². The predicted molar refractivity (Wildman–Crippen MR) is 44.9 cm³/mol. The molecule has 0 aromatic carbocycles. The first kappa shape index (κ1) is 9.96. The second-order valence-corrected chi connectivity index (χ2v) is 3.29. The van der Waals surface area contributed by atoms with Crippen LogP contribution in [0.25, 0.3) is 0 Å². The lowest BCUT2D eigenvalue weighted by molar-refractivity contribution is 0.0757. The van der Waals surface area contributed by atoms with E-state index in [2.05, 4.69) is 20.8 Å². The first-order chi connectivity index (χ1) is 4.63. The van der Waals surface area contributed by atoms with Crippen LogP contribution in [0.1, 0.15) is 40.5 Å². The lowest BCUT2D eigenvalue weighted by Crippen LogP contribution is -2.23. The highest BCUT2D eigenvalue weighted by molar-refractivity contribution is 4.68. The highest BCUT2D eigenvalue weighted by Gasteiger charge is 2.18. The standard InChI is InChI=1S/C9H20O/c1-5-8(7(3)4)9(10)6-2/h7-10H,5-6H2,1-4H3/t8-,9+/m0/s1. The summed E-state index contributed by atoms with van der Waals surface area (Å²) in [7, 11) is 0. The molecule has 0 bridgehead atoms. The molecule has 1 nitrogen and oxygen atoms in total. The molecule has 0 radical (unpaired) electrons. The number of rotatable bonds is 4. The summed E-state index contributed by atoms with van der Waals surface area (Å²) in [5.74, 6) is 1.10. The normalized spacial score (nSPS) is 17.4. The number of aliphatic hydroxyl groups is 1. The number of aliphatic hydroxyl groups excluding tert-OH is 1. The number of hydrogen-bond donors (Lipinski definition) is 1. The fourth-order valence-electron chi connectivity index (χ4n) is 1.49. The molecule has 0 amide bonds. The second-order valence-electron chi connectivity index (χ2n) is 3.29. The minimum Gasteiger partial charge on any atom is -0.393 e. The molecule has 62 valence electrons. The summed E-state index contributed by atoms with van der Waals surface area (Å²) in [5, 5.41) is 9.49. The molecule has 0 aromatic heterocycles. The highest BCUT2D eigenvalue weighted by atomic mass is 16.3. The monoisotopic (exact) mass is 144 g/mol. The van der Waals surface area contributed by atoms with Crippen LogP contribution in [0.2, 0.25) is 0 Å². The lowest BCUT2D eigenvalue weighted by atomic mass is 9.87. The Balaban J connectivity index is 3.80. The molecular formula is C9H20O. The van der Waals surface area contributed by atoms with Gasteiger partial charge in [0.1, 0.15) is 0 Å². The molecule has 0 aromatic rings. The minimum absolute atomic E-state index is 0.0926. The molecule has 2 atom stereocenters. The maximum atomic E-state index is 9.49. The largest absolute Gasteiger partial charge is 0.393 e. The molecule has 0 spiro atoms. The molecule has 10 heavy (non-hydrogen) atoms. The minimum atomic E-state index is -0.0926. The van der Waals surface area contributed by atoms with Gasteiger partial charge in [-0.05, 0) is 18.3 Å². The van der Waals surface area contributed by atoms with Crippen LogP contribution < -0.4 is 0 Å². The van der Waals surface area contributed by atoms with Crippen molar-refractivity contribution in [2.75, 3.05) is 0 Å². The van der Waals surface area contributed by atoms with Gasteiger partial charge in [0.2, 0.25) is 0 Å². The van der Waals surface area contributed by atoms with Gasteiger partial charge >= 0.3 is 0 Å². The average Bonchev–Trinajstić information content (AvgIpc) is 1.88. The van der Waals surface area contributed by atoms with Gasteiger partial charge in [-0.15, -0.1) is 0 Å². The maximum Gasteiger partial charge on any atom is 0.0568 e. The van der Waals surface area contributed by atoms with Crippen molar-refractivity contribution in [3.8, 4) is 0 Å². The van der Waals surface area contributed by atoms with Crippen LogP contribution in [0.3, 0.4) is 0 Å². The molecule has 0 unspecified atom stereocenters. The van der Waals surface area contributed by atoms with Crippen molar-refractivity contribution < 1.29 is 5.11 Å². The fourth-order valence-corrected chi connectivity index (χ4v) is 1.49. The Morgan fingerprint density at radius 3 is 1.70 bits per heavy atom. The van der Waals surface area contributed by atoms with E-state index in [0.717, 1.165) is 12.8 Å². The van der Waals surface area contributed by atoms with Crippen LogP contribution in [0, 0.1) is 11.8 Å². The van der Waals surface area contributed by atoms with E-state index in [-0.39, 0.29) is 6.10 Å². The van der Waals surface area contributed by atoms with Crippen LogP contribution in [-0.4, -0.2) is 11.2 Å². The van der Waals surface area contributed by atoms with Crippen LogP contribution in [0.5, 0.6) is 0 Å². The third-order valence-corrected chi connectivity index (χ3v) is 2.24. The molecule has 0 rings (SSSR count). The maximum absolute atomic E-state index is 9.49. The molecule has 0 aliphatic carbocycles. The van der Waals surface area contributed by atoms with E-state index < -0.39 is 0 Å². The zero-order valence-electron chi connectivity index (χ0n) is 7.59. The Morgan fingerprint density at radius 1 is 1.10 bits per heavy atom. The van der Waals surface area contributed by atoms with Gasteiger partial charge in [-0.25, -0.2) is 0 Å². The van der Waals surface area contributed by atoms with E-state index >= 15 is 0 Å². The van der Waals surface area contributed by atoms with Gasteiger partial charge < -0.3 is 5.11 Å². The van der Waals surface area contributed by atoms with E-state index in [0.29, 0.717) is 11.8 Å². The summed E-state index contributed by atoms with van der Waals surface area (Å²) in [4.78, 5) is 0. The Morgan fingerprint density at radius 2 is 1.60 bits per heavy atom. The molecule has 0 saturated heterocycles. The molecule has 0 aliphatic heterocycles. The molecule has 0 heterocycles. The van der Waals surface area contributed by atoms with Crippen molar-refractivity contribution in [2.24, 2.45) is 11.8 Å². The summed E-state index contributed by atoms with van der Waals surface area (Å²) in [6.45, 7) is 8.53. The second kappa shape index (κ2) is 4.73. The van der Waals surface area contributed by atoms with E-state index in [1.807, 2.05) is 6.92 Å². The van der Waals surface area contributed by atoms with Gasteiger partial charge in [-0.3, -0.25) is 0 Å². The fraction of sp³-hybridized carbons (Fsp3) is 1.00. The zero-order valence-corrected chi connectivity index (χ0v) is 7.59. The Kier molecular flexibility index (Phi) is 4.71. The zero-order chi connectivity index (χ0) is 8.15. The first-order valence-corrected chi connectivity index (χ1v) is 4.31. The van der Waals surface area contributed by atoms with Crippen LogP contribution in [0.15, 0.2) is 0 Å². The Labute approximate surface area is 64.5 Å². The molecule has 1 heteroatoms. The molecule has 0 saturated carbocycles. The van der Waals surface area contributed by atoms with Gasteiger partial charge in [0.15, 0.2) is 0 Å². The van der Waals surface area contributed by atoms with Gasteiger partial charge in [0.05, 0.1) is 6.10 Å². The Bertz CT molecular complexity index is 78.8. The summed E-state index contributed by atoms with van der Waals surface area (Å²) < 4.78 is 0. The van der Waals surface area contributed by atoms with Gasteiger partial charge in [0, 0.05) is 0 Å². The molecule has 0 fully saturated rings. The van der Waals surface area contributed by atoms with Crippen LogP contribution >= 0.6 is 0 Å². The summed E-state index contributed by atoms with van der Waals surface area (Å²) >= 11 is 0. The van der Waals surface area contributed by atoms with E-state index in [1.54, 1.807) is 0 Å². The summed E-state index contributed by atoms with van der Waals surface area (Å²) in [6, 6.07) is 0. The predicted octanol–water partition coefficient (Wildman–Crippen LogP) is 2.44. The van der Waals surface area contributed by atoms with Crippen LogP contribution in [0.4, 0.5) is 0 Å². The topological polar surface area (TPSA) is 20.2 Å². The molecular weight excluding hydrogens is 124 g/mol. The van der Waals surface area contributed by atoms with Crippen LogP contribution in [-0.2, 0) is 0 Å². The van der Waals surface area contributed by atoms with Crippen molar-refractivity contribution in [1.29, 1.82) is 0 Å². The van der Waals surface area contributed by atoms with Gasteiger partial charge in [0.25, 0.3) is 0 Å². The Hall–Kier alpha value is -0.0400.